The molecule has 3 aromatic rings. The largest absolute Gasteiger partial charge is 0.361 e. The molecule has 2 heterocycles. The molecule has 1 aromatic carbocycles. The highest BCUT2D eigenvalue weighted by molar-refractivity contribution is 5.48. The van der Waals surface area contributed by atoms with Gasteiger partial charge in [0, 0.05) is 23.1 Å². The maximum Gasteiger partial charge on any atom is 0.143 e. The van der Waals surface area contributed by atoms with Gasteiger partial charge in [-0.1, -0.05) is 42.4 Å². The first-order valence-electron chi connectivity index (χ1n) is 8.59. The molecule has 4 heteroatoms. The van der Waals surface area contributed by atoms with Gasteiger partial charge in [-0.3, -0.25) is 0 Å². The van der Waals surface area contributed by atoms with E-state index in [4.69, 9.17) is 9.51 Å². The van der Waals surface area contributed by atoms with Gasteiger partial charge in [-0.25, -0.2) is 9.97 Å². The zero-order valence-corrected chi connectivity index (χ0v) is 13.6. The highest BCUT2D eigenvalue weighted by atomic mass is 16.5. The third-order valence-electron chi connectivity index (χ3n) is 6.02. The molecular weight excluding hydrogens is 298 g/mol. The lowest BCUT2D eigenvalue weighted by Gasteiger charge is -2.49. The van der Waals surface area contributed by atoms with Crippen molar-refractivity contribution in [2.75, 3.05) is 0 Å². The van der Waals surface area contributed by atoms with Crippen LogP contribution in [0.15, 0.2) is 53.6 Å². The van der Waals surface area contributed by atoms with Crippen molar-refractivity contribution < 1.29 is 4.52 Å². The van der Waals surface area contributed by atoms with Gasteiger partial charge in [0.15, 0.2) is 0 Å². The van der Waals surface area contributed by atoms with Gasteiger partial charge in [-0.2, -0.15) is 0 Å². The fourth-order valence-electron chi connectivity index (χ4n) is 5.02. The number of rotatable bonds is 1. The minimum absolute atomic E-state index is 0.115. The van der Waals surface area contributed by atoms with E-state index >= 15 is 0 Å². The van der Waals surface area contributed by atoms with Crippen molar-refractivity contribution in [1.82, 2.24) is 15.1 Å². The molecule has 120 valence electrons. The maximum absolute atomic E-state index is 5.60. The van der Waals surface area contributed by atoms with Gasteiger partial charge in [0.2, 0.25) is 0 Å². The summed E-state index contributed by atoms with van der Waals surface area (Å²) in [4.78, 5) is 9.05. The maximum atomic E-state index is 5.60. The lowest BCUT2D eigenvalue weighted by molar-refractivity contribution is 0.188. The minimum atomic E-state index is -0.115. The Labute approximate surface area is 140 Å². The summed E-state index contributed by atoms with van der Waals surface area (Å²) in [6.45, 7) is 2.28. The van der Waals surface area contributed by atoms with Gasteiger partial charge in [-0.05, 0) is 36.3 Å². The predicted molar refractivity (Wildman–Crippen MR) is 89.7 cm³/mol. The summed E-state index contributed by atoms with van der Waals surface area (Å²) in [5, 5.41) is 4.09. The Balaban J connectivity index is 1.82. The van der Waals surface area contributed by atoms with E-state index in [9.17, 15) is 0 Å². The SMILES string of the molecule is C[C@@H]1c2oncc2C[C@]2(c3ccccc3)c3ncncc3CC[C@@H]12. The summed E-state index contributed by atoms with van der Waals surface area (Å²) in [7, 11) is 0. The number of nitrogens with zero attached hydrogens (tertiary/aromatic N) is 3. The number of fused-ring (bicyclic) bond motifs is 4. The van der Waals surface area contributed by atoms with Crippen LogP contribution in [0, 0.1) is 5.92 Å². The second kappa shape index (κ2) is 5.00. The highest BCUT2D eigenvalue weighted by Crippen LogP contribution is 2.56. The topological polar surface area (TPSA) is 51.8 Å². The van der Waals surface area contributed by atoms with E-state index in [1.165, 1.54) is 22.4 Å². The quantitative estimate of drug-likeness (QED) is 0.687. The van der Waals surface area contributed by atoms with Crippen LogP contribution in [0.25, 0.3) is 0 Å². The monoisotopic (exact) mass is 317 g/mol. The summed E-state index contributed by atoms with van der Waals surface area (Å²) in [6, 6.07) is 10.8. The molecule has 0 fully saturated rings. The van der Waals surface area contributed by atoms with Gasteiger partial charge in [0.25, 0.3) is 0 Å². The Morgan fingerprint density at radius 1 is 1.12 bits per heavy atom. The van der Waals surface area contributed by atoms with Gasteiger partial charge in [0.1, 0.15) is 12.1 Å². The number of hydrogen-bond acceptors (Lipinski definition) is 4. The first kappa shape index (κ1) is 13.9. The van der Waals surface area contributed by atoms with E-state index in [0.717, 1.165) is 25.0 Å². The molecule has 0 amide bonds. The van der Waals surface area contributed by atoms with Gasteiger partial charge >= 0.3 is 0 Å². The average Bonchev–Trinajstić information content (AvgIpc) is 3.11. The van der Waals surface area contributed by atoms with E-state index in [1.807, 2.05) is 12.4 Å². The summed E-state index contributed by atoms with van der Waals surface area (Å²) in [5.74, 6) is 1.85. The van der Waals surface area contributed by atoms with Crippen LogP contribution < -0.4 is 0 Å². The van der Waals surface area contributed by atoms with Gasteiger partial charge < -0.3 is 4.52 Å². The molecule has 0 aliphatic heterocycles. The van der Waals surface area contributed by atoms with Crippen molar-refractivity contribution in [3.8, 4) is 0 Å². The van der Waals surface area contributed by atoms with Crippen LogP contribution in [0.3, 0.4) is 0 Å². The average molecular weight is 317 g/mol. The third kappa shape index (κ3) is 1.71. The first-order valence-corrected chi connectivity index (χ1v) is 8.59. The van der Waals surface area contributed by atoms with E-state index in [1.54, 1.807) is 6.33 Å². The van der Waals surface area contributed by atoms with Crippen molar-refractivity contribution in [2.24, 2.45) is 5.92 Å². The molecule has 0 N–H and O–H groups in total. The van der Waals surface area contributed by atoms with Crippen LogP contribution in [0.1, 0.15) is 47.4 Å². The molecule has 24 heavy (non-hydrogen) atoms. The van der Waals surface area contributed by atoms with E-state index in [-0.39, 0.29) is 5.41 Å². The standard InChI is InChI=1S/C20H19N3O/c1-13-17-8-7-14-10-21-12-22-19(14)20(17,16-5-3-2-4-6-16)9-15-11-23-24-18(13)15/h2-6,10-13,17H,7-9H2,1H3/t13-,17-,20+/m0/s1. The first-order chi connectivity index (χ1) is 11.8. The van der Waals surface area contributed by atoms with Gasteiger partial charge in [-0.15, -0.1) is 0 Å². The van der Waals surface area contributed by atoms with E-state index in [0.29, 0.717) is 11.8 Å². The number of hydrogen-bond donors (Lipinski definition) is 0. The predicted octanol–water partition coefficient (Wildman–Crippen LogP) is 3.67. The third-order valence-corrected chi connectivity index (χ3v) is 6.02. The van der Waals surface area contributed by atoms with Crippen LogP contribution in [0.5, 0.6) is 0 Å². The van der Waals surface area contributed by atoms with Crippen LogP contribution >= 0.6 is 0 Å². The normalized spacial score (nSPS) is 27.9. The summed E-state index contributed by atoms with van der Waals surface area (Å²) in [5.41, 5.74) is 4.92. The summed E-state index contributed by atoms with van der Waals surface area (Å²) in [6.07, 6.45) is 8.63. The summed E-state index contributed by atoms with van der Waals surface area (Å²) < 4.78 is 5.60. The fraction of sp³-hybridized carbons (Fsp3) is 0.350. The van der Waals surface area contributed by atoms with Crippen molar-refractivity contribution in [3.05, 3.63) is 77.2 Å². The number of benzene rings is 1. The summed E-state index contributed by atoms with van der Waals surface area (Å²) >= 11 is 0. The number of aryl methyl sites for hydroxylation is 1. The Bertz CT molecular complexity index is 889. The molecule has 4 nitrogen and oxygen atoms in total. The molecule has 2 aliphatic carbocycles. The second-order valence-corrected chi connectivity index (χ2v) is 7.06. The van der Waals surface area contributed by atoms with Crippen LogP contribution in [0.2, 0.25) is 0 Å². The molecular formula is C20H19N3O. The zero-order valence-electron chi connectivity index (χ0n) is 13.6. The van der Waals surface area contributed by atoms with Gasteiger partial charge in [0.05, 0.1) is 11.9 Å². The molecule has 2 aromatic heterocycles. The highest BCUT2D eigenvalue weighted by Gasteiger charge is 2.53. The van der Waals surface area contributed by atoms with E-state index in [2.05, 4.69) is 47.4 Å². The lowest BCUT2D eigenvalue weighted by Crippen LogP contribution is -2.48. The molecule has 0 radical (unpaired) electrons. The van der Waals surface area contributed by atoms with Crippen LogP contribution in [-0.2, 0) is 18.3 Å². The molecule has 3 atom stereocenters. The Morgan fingerprint density at radius 2 is 2.00 bits per heavy atom. The smallest absolute Gasteiger partial charge is 0.143 e. The molecule has 5 rings (SSSR count). The van der Waals surface area contributed by atoms with E-state index < -0.39 is 0 Å². The van der Waals surface area contributed by atoms with Crippen LogP contribution in [0.4, 0.5) is 0 Å². The molecule has 0 saturated carbocycles. The van der Waals surface area contributed by atoms with Crippen LogP contribution in [-0.4, -0.2) is 15.1 Å². The zero-order chi connectivity index (χ0) is 16.1. The molecule has 0 saturated heterocycles. The Morgan fingerprint density at radius 3 is 2.88 bits per heavy atom. The molecule has 0 bridgehead atoms. The second-order valence-electron chi connectivity index (χ2n) is 7.06. The number of aromatic nitrogens is 3. The van der Waals surface area contributed by atoms with Crippen molar-refractivity contribution in [2.45, 2.75) is 37.5 Å². The lowest BCUT2D eigenvalue weighted by atomic mass is 9.53. The Hall–Kier alpha value is -2.49. The molecule has 0 unspecified atom stereocenters. The molecule has 2 aliphatic rings. The molecule has 0 spiro atoms. The van der Waals surface area contributed by atoms with Crippen molar-refractivity contribution in [1.29, 1.82) is 0 Å². The van der Waals surface area contributed by atoms with Crippen molar-refractivity contribution in [3.63, 3.8) is 0 Å². The minimum Gasteiger partial charge on any atom is -0.361 e. The fourth-order valence-corrected chi connectivity index (χ4v) is 5.02. The Kier molecular flexibility index (Phi) is 2.90. The van der Waals surface area contributed by atoms with Crippen molar-refractivity contribution >= 4 is 0 Å².